The maximum absolute atomic E-state index is 11.7. The Morgan fingerprint density at radius 1 is 1.32 bits per heavy atom. The summed E-state index contributed by atoms with van der Waals surface area (Å²) in [6, 6.07) is 4.73. The van der Waals surface area contributed by atoms with Gasteiger partial charge >= 0.3 is 6.03 Å². The van der Waals surface area contributed by atoms with E-state index in [9.17, 15) is 9.59 Å². The van der Waals surface area contributed by atoms with Gasteiger partial charge in [0.25, 0.3) is 0 Å². The van der Waals surface area contributed by atoms with Crippen molar-refractivity contribution in [1.82, 2.24) is 5.32 Å². The largest absolute Gasteiger partial charge is 0.381 e. The van der Waals surface area contributed by atoms with E-state index < -0.39 is 5.91 Å². The number of amides is 3. The highest BCUT2D eigenvalue weighted by atomic mass is 16.5. The molecule has 0 aliphatic rings. The zero-order valence-electron chi connectivity index (χ0n) is 13.4. The fraction of sp³-hybridized carbons (Fsp3) is 0.500. The third kappa shape index (κ3) is 6.58. The molecule has 1 aromatic carbocycles. The molecule has 0 unspecified atom stereocenters. The lowest BCUT2D eigenvalue weighted by Crippen LogP contribution is -2.30. The van der Waals surface area contributed by atoms with Gasteiger partial charge in [-0.25, -0.2) is 4.79 Å². The number of hydrogen-bond acceptors (Lipinski definition) is 3. The zero-order chi connectivity index (χ0) is 16.5. The molecule has 0 bridgehead atoms. The lowest BCUT2D eigenvalue weighted by atomic mass is 10.1. The second-order valence-electron chi connectivity index (χ2n) is 5.60. The van der Waals surface area contributed by atoms with E-state index in [0.29, 0.717) is 30.3 Å². The van der Waals surface area contributed by atoms with Gasteiger partial charge in [0, 0.05) is 31.0 Å². The summed E-state index contributed by atoms with van der Waals surface area (Å²) in [5.74, 6) is 0.00102. The van der Waals surface area contributed by atoms with Gasteiger partial charge in [-0.3, -0.25) is 4.79 Å². The number of benzene rings is 1. The summed E-state index contributed by atoms with van der Waals surface area (Å²) >= 11 is 0. The molecule has 0 aromatic heterocycles. The molecule has 6 heteroatoms. The highest BCUT2D eigenvalue weighted by Crippen LogP contribution is 2.14. The molecule has 22 heavy (non-hydrogen) atoms. The molecule has 0 fully saturated rings. The normalized spacial score (nSPS) is 10.5. The molecule has 0 saturated heterocycles. The summed E-state index contributed by atoms with van der Waals surface area (Å²) in [4.78, 5) is 23.0. The van der Waals surface area contributed by atoms with Crippen molar-refractivity contribution in [3.05, 3.63) is 29.3 Å². The van der Waals surface area contributed by atoms with E-state index >= 15 is 0 Å². The number of nitrogens with one attached hydrogen (secondary N) is 2. The second-order valence-corrected chi connectivity index (χ2v) is 5.60. The Morgan fingerprint density at radius 3 is 2.68 bits per heavy atom. The Morgan fingerprint density at radius 2 is 2.05 bits per heavy atom. The van der Waals surface area contributed by atoms with E-state index in [1.807, 2.05) is 0 Å². The Hall–Kier alpha value is -2.08. The van der Waals surface area contributed by atoms with Crippen molar-refractivity contribution in [2.75, 3.05) is 25.1 Å². The fourth-order valence-corrected chi connectivity index (χ4v) is 1.84. The number of aryl methyl sites for hydroxylation is 1. The minimum Gasteiger partial charge on any atom is -0.381 e. The monoisotopic (exact) mass is 307 g/mol. The SMILES string of the molecule is Cc1ccc(NC(=O)NCCCOCC(C)C)cc1C(N)=O. The molecule has 122 valence electrons. The van der Waals surface area contributed by atoms with Crippen LogP contribution in [0.2, 0.25) is 0 Å². The molecule has 0 spiro atoms. The molecule has 1 rings (SSSR count). The van der Waals surface area contributed by atoms with Crippen molar-refractivity contribution in [1.29, 1.82) is 0 Å². The quantitative estimate of drug-likeness (QED) is 0.643. The lowest BCUT2D eigenvalue weighted by Gasteiger charge is -2.10. The van der Waals surface area contributed by atoms with Crippen LogP contribution in [-0.2, 0) is 4.74 Å². The van der Waals surface area contributed by atoms with Gasteiger partial charge in [0.05, 0.1) is 0 Å². The maximum Gasteiger partial charge on any atom is 0.319 e. The predicted octanol–water partition coefficient (Wildman–Crippen LogP) is 2.28. The van der Waals surface area contributed by atoms with Crippen LogP contribution in [0, 0.1) is 12.8 Å². The molecule has 0 atom stereocenters. The first-order valence-electron chi connectivity index (χ1n) is 7.43. The Balaban J connectivity index is 2.33. The third-order valence-electron chi connectivity index (χ3n) is 2.96. The van der Waals surface area contributed by atoms with Gasteiger partial charge in [0.2, 0.25) is 5.91 Å². The van der Waals surface area contributed by atoms with E-state index in [1.165, 1.54) is 0 Å². The van der Waals surface area contributed by atoms with Gasteiger partial charge in [-0.05, 0) is 37.0 Å². The van der Waals surface area contributed by atoms with Crippen LogP contribution in [0.5, 0.6) is 0 Å². The molecule has 0 saturated carbocycles. The smallest absolute Gasteiger partial charge is 0.319 e. The molecule has 6 nitrogen and oxygen atoms in total. The number of urea groups is 1. The minimum atomic E-state index is -0.510. The number of carbonyl (C=O) groups excluding carboxylic acids is 2. The van der Waals surface area contributed by atoms with Gasteiger partial charge < -0.3 is 21.1 Å². The van der Waals surface area contributed by atoms with Crippen molar-refractivity contribution < 1.29 is 14.3 Å². The summed E-state index contributed by atoms with van der Waals surface area (Å²) in [6.45, 7) is 7.85. The van der Waals surface area contributed by atoms with Crippen molar-refractivity contribution in [3.63, 3.8) is 0 Å². The van der Waals surface area contributed by atoms with Gasteiger partial charge in [0.1, 0.15) is 0 Å². The standard InChI is InChI=1S/C16H25N3O3/c1-11(2)10-22-8-4-7-18-16(21)19-13-6-5-12(3)14(9-13)15(17)20/h5-6,9,11H,4,7-8,10H2,1-3H3,(H2,17,20)(H2,18,19,21). The molecule has 4 N–H and O–H groups in total. The summed E-state index contributed by atoms with van der Waals surface area (Å²) in [6.07, 6.45) is 0.751. The maximum atomic E-state index is 11.7. The van der Waals surface area contributed by atoms with Crippen LogP contribution < -0.4 is 16.4 Å². The number of rotatable bonds is 8. The van der Waals surface area contributed by atoms with E-state index in [1.54, 1.807) is 25.1 Å². The first-order chi connectivity index (χ1) is 10.4. The number of anilines is 1. The number of hydrogen-bond donors (Lipinski definition) is 3. The minimum absolute atomic E-state index is 0.317. The van der Waals surface area contributed by atoms with Crippen molar-refractivity contribution >= 4 is 17.6 Å². The van der Waals surface area contributed by atoms with E-state index in [2.05, 4.69) is 24.5 Å². The highest BCUT2D eigenvalue weighted by molar-refractivity contribution is 5.97. The topological polar surface area (TPSA) is 93.4 Å². The van der Waals surface area contributed by atoms with Crippen LogP contribution in [0.3, 0.4) is 0 Å². The summed E-state index contributed by atoms with van der Waals surface area (Å²) < 4.78 is 5.43. The van der Waals surface area contributed by atoms with Gasteiger partial charge in [-0.2, -0.15) is 0 Å². The van der Waals surface area contributed by atoms with Crippen molar-refractivity contribution in [2.24, 2.45) is 11.7 Å². The molecule has 0 aliphatic carbocycles. The van der Waals surface area contributed by atoms with Crippen LogP contribution in [-0.4, -0.2) is 31.7 Å². The van der Waals surface area contributed by atoms with Gasteiger partial charge in [0.15, 0.2) is 0 Å². The average molecular weight is 307 g/mol. The highest BCUT2D eigenvalue weighted by Gasteiger charge is 2.07. The summed E-state index contributed by atoms with van der Waals surface area (Å²) in [7, 11) is 0. The van der Waals surface area contributed by atoms with Crippen LogP contribution in [0.1, 0.15) is 36.2 Å². The zero-order valence-corrected chi connectivity index (χ0v) is 13.4. The Kier molecular flexibility index (Phi) is 7.39. The number of nitrogens with two attached hydrogens (primary N) is 1. The van der Waals surface area contributed by atoms with Gasteiger partial charge in [-0.1, -0.05) is 19.9 Å². The Bertz CT molecular complexity index is 515. The number of carbonyl (C=O) groups is 2. The second kappa shape index (κ2) is 9.04. The molecule has 0 aliphatic heterocycles. The van der Waals surface area contributed by atoms with Crippen LogP contribution >= 0.6 is 0 Å². The molecular formula is C16H25N3O3. The van der Waals surface area contributed by atoms with Crippen LogP contribution in [0.15, 0.2) is 18.2 Å². The van der Waals surface area contributed by atoms with Crippen molar-refractivity contribution in [3.8, 4) is 0 Å². The van der Waals surface area contributed by atoms with Crippen LogP contribution in [0.25, 0.3) is 0 Å². The lowest BCUT2D eigenvalue weighted by molar-refractivity contribution is 0.0999. The Labute approximate surface area is 131 Å². The average Bonchev–Trinajstić information content (AvgIpc) is 2.44. The summed E-state index contributed by atoms with van der Waals surface area (Å²) in [5.41, 5.74) is 7.00. The predicted molar refractivity (Wildman–Crippen MR) is 87.0 cm³/mol. The van der Waals surface area contributed by atoms with E-state index in [0.717, 1.165) is 18.6 Å². The molecule has 0 heterocycles. The fourth-order valence-electron chi connectivity index (χ4n) is 1.84. The van der Waals surface area contributed by atoms with Crippen LogP contribution in [0.4, 0.5) is 10.5 Å². The molecule has 3 amide bonds. The van der Waals surface area contributed by atoms with E-state index in [-0.39, 0.29) is 6.03 Å². The molecular weight excluding hydrogens is 282 g/mol. The molecule has 1 aromatic rings. The summed E-state index contributed by atoms with van der Waals surface area (Å²) in [5, 5.41) is 5.41. The molecule has 0 radical (unpaired) electrons. The first-order valence-corrected chi connectivity index (χ1v) is 7.43. The van der Waals surface area contributed by atoms with E-state index in [4.69, 9.17) is 10.5 Å². The van der Waals surface area contributed by atoms with Gasteiger partial charge in [-0.15, -0.1) is 0 Å². The number of ether oxygens (including phenoxy) is 1. The number of primary amides is 1. The van der Waals surface area contributed by atoms with Crippen molar-refractivity contribution in [2.45, 2.75) is 27.2 Å². The third-order valence-corrected chi connectivity index (χ3v) is 2.96. The first kappa shape index (κ1) is 18.0.